The van der Waals surface area contributed by atoms with Gasteiger partial charge in [-0.25, -0.2) is 13.2 Å². The maximum atomic E-state index is 12.5. The molecule has 1 saturated heterocycles. The highest BCUT2D eigenvalue weighted by Gasteiger charge is 2.30. The fourth-order valence-electron chi connectivity index (χ4n) is 1.91. The summed E-state index contributed by atoms with van der Waals surface area (Å²) in [4.78, 5) is 10.9. The van der Waals surface area contributed by atoms with Crippen molar-refractivity contribution in [1.82, 2.24) is 4.31 Å². The number of sulfonamides is 1. The van der Waals surface area contributed by atoms with Crippen LogP contribution in [0, 0.1) is 0 Å². The molecule has 0 atom stereocenters. The molecule has 0 aliphatic carbocycles. The van der Waals surface area contributed by atoms with Crippen LogP contribution in [0.3, 0.4) is 0 Å². The summed E-state index contributed by atoms with van der Waals surface area (Å²) in [6.07, 6.45) is 0. The molecular formula is C11H13BrN2O5S. The van der Waals surface area contributed by atoms with Crippen LogP contribution in [0.4, 0.5) is 5.69 Å². The Hall–Kier alpha value is -1.16. The average molecular weight is 365 g/mol. The number of rotatable bonds is 3. The number of halogens is 1. The van der Waals surface area contributed by atoms with E-state index in [1.54, 1.807) is 0 Å². The van der Waals surface area contributed by atoms with Crippen molar-refractivity contribution in [3.63, 3.8) is 0 Å². The molecule has 20 heavy (non-hydrogen) atoms. The summed E-state index contributed by atoms with van der Waals surface area (Å²) >= 11 is 3.11. The molecule has 0 radical (unpaired) electrons. The van der Waals surface area contributed by atoms with Crippen LogP contribution in [0.25, 0.3) is 0 Å². The summed E-state index contributed by atoms with van der Waals surface area (Å²) in [5.74, 6) is -1.28. The first-order valence-electron chi connectivity index (χ1n) is 5.74. The number of anilines is 1. The zero-order chi connectivity index (χ0) is 14.9. The average Bonchev–Trinajstić information content (AvgIpc) is 2.41. The van der Waals surface area contributed by atoms with Crippen LogP contribution in [0.2, 0.25) is 0 Å². The highest BCUT2D eigenvalue weighted by atomic mass is 79.9. The maximum absolute atomic E-state index is 12.5. The van der Waals surface area contributed by atoms with Crippen LogP contribution in [-0.2, 0) is 14.8 Å². The Kier molecular flexibility index (Phi) is 4.33. The Balaban J connectivity index is 2.53. The number of carboxylic acids is 1. The summed E-state index contributed by atoms with van der Waals surface area (Å²) in [5, 5.41) is 9.06. The lowest BCUT2D eigenvalue weighted by Gasteiger charge is -2.26. The molecular weight excluding hydrogens is 352 g/mol. The Morgan fingerprint density at radius 2 is 1.95 bits per heavy atom. The third-order valence-corrected chi connectivity index (χ3v) is 5.32. The number of aromatic carboxylic acids is 1. The number of carboxylic acid groups (broad SMARTS) is 1. The number of carbonyl (C=O) groups is 1. The number of nitrogens with zero attached hydrogens (tertiary/aromatic N) is 1. The molecule has 0 aromatic heterocycles. The van der Waals surface area contributed by atoms with Gasteiger partial charge >= 0.3 is 5.97 Å². The number of hydrogen-bond donors (Lipinski definition) is 2. The molecule has 0 amide bonds. The van der Waals surface area contributed by atoms with E-state index in [4.69, 9.17) is 15.6 Å². The molecule has 1 fully saturated rings. The van der Waals surface area contributed by atoms with Crippen molar-refractivity contribution in [3.05, 3.63) is 22.2 Å². The first-order chi connectivity index (χ1) is 9.34. The van der Waals surface area contributed by atoms with E-state index >= 15 is 0 Å². The Bertz CT molecular complexity index is 640. The van der Waals surface area contributed by atoms with Gasteiger partial charge in [0.2, 0.25) is 10.0 Å². The summed E-state index contributed by atoms with van der Waals surface area (Å²) in [6, 6.07) is 2.59. The smallest absolute Gasteiger partial charge is 0.337 e. The van der Waals surface area contributed by atoms with E-state index in [1.165, 1.54) is 16.4 Å². The van der Waals surface area contributed by atoms with Crippen molar-refractivity contribution in [2.45, 2.75) is 4.90 Å². The molecule has 0 saturated carbocycles. The number of hydrogen-bond acceptors (Lipinski definition) is 5. The van der Waals surface area contributed by atoms with Gasteiger partial charge in [-0.15, -0.1) is 0 Å². The van der Waals surface area contributed by atoms with E-state index in [1.807, 2.05) is 0 Å². The Labute approximate surface area is 124 Å². The Morgan fingerprint density at radius 1 is 1.35 bits per heavy atom. The number of morpholine rings is 1. The first-order valence-corrected chi connectivity index (χ1v) is 7.97. The molecule has 0 bridgehead atoms. The second-order valence-corrected chi connectivity index (χ2v) is 7.01. The van der Waals surface area contributed by atoms with Crippen LogP contribution in [0.15, 0.2) is 21.5 Å². The minimum atomic E-state index is -3.84. The summed E-state index contributed by atoms with van der Waals surface area (Å²) in [6.45, 7) is 1.05. The SMILES string of the molecule is Nc1c(C(=O)O)cc(Br)cc1S(=O)(=O)N1CCOCC1. The molecule has 2 rings (SSSR count). The Morgan fingerprint density at radius 3 is 2.50 bits per heavy atom. The van der Waals surface area contributed by atoms with Gasteiger partial charge in [-0.1, -0.05) is 15.9 Å². The van der Waals surface area contributed by atoms with E-state index in [9.17, 15) is 13.2 Å². The number of benzene rings is 1. The second kappa shape index (κ2) is 5.68. The van der Waals surface area contributed by atoms with Crippen molar-refractivity contribution >= 4 is 37.6 Å². The van der Waals surface area contributed by atoms with E-state index in [0.717, 1.165) is 0 Å². The predicted octanol–water partition coefficient (Wildman–Crippen LogP) is 0.750. The third-order valence-electron chi connectivity index (χ3n) is 2.93. The summed E-state index contributed by atoms with van der Waals surface area (Å²) in [5.41, 5.74) is 5.21. The predicted molar refractivity (Wildman–Crippen MR) is 75.1 cm³/mol. The number of ether oxygens (including phenoxy) is 1. The van der Waals surface area contributed by atoms with Gasteiger partial charge in [0.15, 0.2) is 0 Å². The van der Waals surface area contributed by atoms with Crippen LogP contribution >= 0.6 is 15.9 Å². The topological polar surface area (TPSA) is 110 Å². The molecule has 9 heteroatoms. The van der Waals surface area contributed by atoms with Gasteiger partial charge < -0.3 is 15.6 Å². The van der Waals surface area contributed by atoms with Gasteiger partial charge in [0, 0.05) is 17.6 Å². The van der Waals surface area contributed by atoms with Gasteiger partial charge in [0.1, 0.15) is 4.90 Å². The molecule has 0 unspecified atom stereocenters. The number of nitrogen functional groups attached to an aromatic ring is 1. The molecule has 0 spiro atoms. The van der Waals surface area contributed by atoms with Crippen molar-refractivity contribution in [1.29, 1.82) is 0 Å². The van der Waals surface area contributed by atoms with Crippen molar-refractivity contribution < 1.29 is 23.1 Å². The summed E-state index contributed by atoms with van der Waals surface area (Å²) < 4.78 is 31.7. The molecule has 7 nitrogen and oxygen atoms in total. The largest absolute Gasteiger partial charge is 0.478 e. The molecule has 1 aliphatic heterocycles. The molecule has 1 heterocycles. The fourth-order valence-corrected chi connectivity index (χ4v) is 4.09. The van der Waals surface area contributed by atoms with E-state index in [0.29, 0.717) is 17.7 Å². The van der Waals surface area contributed by atoms with Gasteiger partial charge in [-0.05, 0) is 12.1 Å². The second-order valence-electron chi connectivity index (χ2n) is 4.19. The van der Waals surface area contributed by atoms with E-state index < -0.39 is 16.0 Å². The normalized spacial score (nSPS) is 17.1. The lowest BCUT2D eigenvalue weighted by atomic mass is 10.2. The van der Waals surface area contributed by atoms with Crippen molar-refractivity contribution in [2.24, 2.45) is 0 Å². The van der Waals surface area contributed by atoms with Crippen LogP contribution in [-0.4, -0.2) is 50.1 Å². The summed E-state index contributed by atoms with van der Waals surface area (Å²) in [7, 11) is -3.84. The molecule has 1 aromatic rings. The minimum absolute atomic E-state index is 0.203. The zero-order valence-electron chi connectivity index (χ0n) is 10.4. The van der Waals surface area contributed by atoms with Gasteiger partial charge in [0.05, 0.1) is 24.5 Å². The maximum Gasteiger partial charge on any atom is 0.337 e. The first kappa shape index (κ1) is 15.2. The lowest BCUT2D eigenvalue weighted by Crippen LogP contribution is -2.41. The monoisotopic (exact) mass is 364 g/mol. The van der Waals surface area contributed by atoms with Gasteiger partial charge in [-0.2, -0.15) is 4.31 Å². The van der Waals surface area contributed by atoms with Gasteiger partial charge in [-0.3, -0.25) is 0 Å². The highest BCUT2D eigenvalue weighted by Crippen LogP contribution is 2.30. The third kappa shape index (κ3) is 2.80. The van der Waals surface area contributed by atoms with Crippen molar-refractivity contribution in [3.8, 4) is 0 Å². The zero-order valence-corrected chi connectivity index (χ0v) is 12.8. The van der Waals surface area contributed by atoms with Crippen LogP contribution in [0.1, 0.15) is 10.4 Å². The molecule has 1 aromatic carbocycles. The van der Waals surface area contributed by atoms with Gasteiger partial charge in [0.25, 0.3) is 0 Å². The molecule has 110 valence electrons. The van der Waals surface area contributed by atoms with E-state index in [-0.39, 0.29) is 29.2 Å². The van der Waals surface area contributed by atoms with Crippen LogP contribution in [0.5, 0.6) is 0 Å². The highest BCUT2D eigenvalue weighted by molar-refractivity contribution is 9.10. The number of nitrogens with two attached hydrogens (primary N) is 1. The lowest BCUT2D eigenvalue weighted by molar-refractivity contribution is 0.0697. The van der Waals surface area contributed by atoms with Crippen molar-refractivity contribution in [2.75, 3.05) is 32.0 Å². The van der Waals surface area contributed by atoms with Crippen LogP contribution < -0.4 is 5.73 Å². The van der Waals surface area contributed by atoms with E-state index in [2.05, 4.69) is 15.9 Å². The fraction of sp³-hybridized carbons (Fsp3) is 0.364. The minimum Gasteiger partial charge on any atom is -0.478 e. The molecule has 1 aliphatic rings. The standard InChI is InChI=1S/C11H13BrN2O5S/c12-7-5-8(11(15)16)10(13)9(6-7)20(17,18)14-1-3-19-4-2-14/h5-6H,1-4,13H2,(H,15,16). The quantitative estimate of drug-likeness (QED) is 0.765. The molecule has 3 N–H and O–H groups in total.